The van der Waals surface area contributed by atoms with Crippen LogP contribution in [0.4, 0.5) is 11.5 Å². The Bertz CT molecular complexity index is 786. The number of hydrogen-bond donors (Lipinski definition) is 2. The van der Waals surface area contributed by atoms with Gasteiger partial charge in [-0.2, -0.15) is 0 Å². The average Bonchev–Trinajstić information content (AvgIpc) is 2.30. The van der Waals surface area contributed by atoms with Crippen molar-refractivity contribution in [3.05, 3.63) is 43.4 Å². The molecular formula is C12H10Br3N3O2S. The summed E-state index contributed by atoms with van der Waals surface area (Å²) in [6, 6.07) is 4.83. The Morgan fingerprint density at radius 1 is 1.14 bits per heavy atom. The van der Waals surface area contributed by atoms with Crippen molar-refractivity contribution in [2.75, 3.05) is 10.5 Å². The van der Waals surface area contributed by atoms with Crippen LogP contribution in [0.1, 0.15) is 5.56 Å². The van der Waals surface area contributed by atoms with Crippen LogP contribution in [0, 0.1) is 6.92 Å². The van der Waals surface area contributed by atoms with Gasteiger partial charge in [-0.25, -0.2) is 13.4 Å². The molecule has 2 rings (SSSR count). The van der Waals surface area contributed by atoms with E-state index in [-0.39, 0.29) is 10.7 Å². The Kier molecular flexibility index (Phi) is 4.96. The Morgan fingerprint density at radius 2 is 1.71 bits per heavy atom. The number of nitrogen functional groups attached to an aromatic ring is 1. The van der Waals surface area contributed by atoms with Gasteiger partial charge in [-0.3, -0.25) is 4.72 Å². The minimum Gasteiger partial charge on any atom is -0.399 e. The molecule has 0 radical (unpaired) electrons. The standard InChI is InChI=1S/C12H10Br3N3O2S/c1-6-2-7(13)5-17-12(6)18-21(19,20)11-9(14)3-8(16)4-10(11)15/h2-5H,16H2,1H3,(H,17,18). The van der Waals surface area contributed by atoms with Crippen LogP contribution in [0.5, 0.6) is 0 Å². The van der Waals surface area contributed by atoms with Crippen molar-refractivity contribution in [2.45, 2.75) is 11.8 Å². The molecular weight excluding hydrogens is 490 g/mol. The van der Waals surface area contributed by atoms with Gasteiger partial charge in [-0.05, 0) is 78.5 Å². The number of sulfonamides is 1. The van der Waals surface area contributed by atoms with Gasteiger partial charge in [0.15, 0.2) is 0 Å². The number of halogens is 3. The number of nitrogens with zero attached hydrogens (tertiary/aromatic N) is 1. The Hall–Kier alpha value is -0.640. The van der Waals surface area contributed by atoms with Gasteiger partial charge in [0.05, 0.1) is 0 Å². The summed E-state index contributed by atoms with van der Waals surface area (Å²) in [6.45, 7) is 1.77. The zero-order valence-electron chi connectivity index (χ0n) is 10.7. The summed E-state index contributed by atoms with van der Waals surface area (Å²) >= 11 is 9.72. The third kappa shape index (κ3) is 3.77. The number of anilines is 2. The van der Waals surface area contributed by atoms with Crippen LogP contribution >= 0.6 is 47.8 Å². The third-order valence-corrected chi connectivity index (χ3v) is 6.21. The molecule has 0 bridgehead atoms. The quantitative estimate of drug-likeness (QED) is 0.624. The maximum Gasteiger partial charge on any atom is 0.265 e. The van der Waals surface area contributed by atoms with Gasteiger partial charge in [0.2, 0.25) is 0 Å². The van der Waals surface area contributed by atoms with E-state index in [0.717, 1.165) is 4.47 Å². The number of benzene rings is 1. The van der Waals surface area contributed by atoms with Gasteiger partial charge in [0, 0.05) is 25.3 Å². The summed E-state index contributed by atoms with van der Waals surface area (Å²) in [5.74, 6) is 0.272. The number of pyridine rings is 1. The number of aromatic nitrogens is 1. The van der Waals surface area contributed by atoms with Crippen molar-refractivity contribution in [3.8, 4) is 0 Å². The van der Waals surface area contributed by atoms with Crippen molar-refractivity contribution < 1.29 is 8.42 Å². The minimum atomic E-state index is -3.80. The van der Waals surface area contributed by atoms with Crippen molar-refractivity contribution in [1.82, 2.24) is 4.98 Å². The predicted molar refractivity (Wildman–Crippen MR) is 93.7 cm³/mol. The van der Waals surface area contributed by atoms with Gasteiger partial charge in [-0.15, -0.1) is 0 Å². The number of rotatable bonds is 3. The largest absolute Gasteiger partial charge is 0.399 e. The van der Waals surface area contributed by atoms with Crippen LogP contribution in [0.25, 0.3) is 0 Å². The molecule has 0 amide bonds. The molecule has 5 nitrogen and oxygen atoms in total. The lowest BCUT2D eigenvalue weighted by Crippen LogP contribution is -2.16. The second-order valence-corrected chi connectivity index (χ2v) is 8.48. The molecule has 2 aromatic rings. The summed E-state index contributed by atoms with van der Waals surface area (Å²) in [7, 11) is -3.80. The molecule has 1 heterocycles. The molecule has 0 aliphatic heterocycles. The smallest absolute Gasteiger partial charge is 0.265 e. The summed E-state index contributed by atoms with van der Waals surface area (Å²) in [6.07, 6.45) is 1.53. The maximum absolute atomic E-state index is 12.5. The molecule has 21 heavy (non-hydrogen) atoms. The minimum absolute atomic E-state index is 0.0702. The summed E-state index contributed by atoms with van der Waals surface area (Å²) in [5, 5.41) is 0. The highest BCUT2D eigenvalue weighted by atomic mass is 79.9. The first-order chi connectivity index (χ1) is 9.70. The van der Waals surface area contributed by atoms with E-state index in [4.69, 9.17) is 5.73 Å². The van der Waals surface area contributed by atoms with Crippen LogP contribution in [-0.4, -0.2) is 13.4 Å². The molecule has 1 aromatic carbocycles. The topological polar surface area (TPSA) is 85.1 Å². The van der Waals surface area contributed by atoms with Crippen molar-refractivity contribution >= 4 is 69.3 Å². The molecule has 0 unspecified atom stereocenters. The lowest BCUT2D eigenvalue weighted by atomic mass is 10.3. The van der Waals surface area contributed by atoms with Gasteiger partial charge in [-0.1, -0.05) is 0 Å². The Labute approximate surface area is 147 Å². The molecule has 3 N–H and O–H groups in total. The second kappa shape index (κ2) is 6.23. The molecule has 112 valence electrons. The van der Waals surface area contributed by atoms with Crippen LogP contribution in [0.2, 0.25) is 0 Å². The molecule has 0 saturated carbocycles. The molecule has 0 aliphatic rings. The SMILES string of the molecule is Cc1cc(Br)cnc1NS(=O)(=O)c1c(Br)cc(N)cc1Br. The molecule has 9 heteroatoms. The lowest BCUT2D eigenvalue weighted by molar-refractivity contribution is 0.600. The van der Waals surface area contributed by atoms with E-state index in [1.807, 2.05) is 0 Å². The third-order valence-electron chi connectivity index (χ3n) is 2.57. The number of hydrogen-bond acceptors (Lipinski definition) is 4. The van der Waals surface area contributed by atoms with E-state index in [9.17, 15) is 8.42 Å². The zero-order valence-corrected chi connectivity index (χ0v) is 16.3. The van der Waals surface area contributed by atoms with Gasteiger partial charge < -0.3 is 5.73 Å². The Morgan fingerprint density at radius 3 is 2.24 bits per heavy atom. The summed E-state index contributed by atoms with van der Waals surface area (Å²) < 4.78 is 29.0. The first-order valence-corrected chi connectivity index (χ1v) is 9.46. The average molecular weight is 500 g/mol. The summed E-state index contributed by atoms with van der Waals surface area (Å²) in [4.78, 5) is 4.14. The second-order valence-electron chi connectivity index (χ2n) is 4.24. The highest BCUT2D eigenvalue weighted by Crippen LogP contribution is 2.33. The van der Waals surface area contributed by atoms with Gasteiger partial charge in [0.1, 0.15) is 10.7 Å². The molecule has 0 atom stereocenters. The first-order valence-electron chi connectivity index (χ1n) is 5.60. The molecule has 0 saturated heterocycles. The van der Waals surface area contributed by atoms with Gasteiger partial charge in [0.25, 0.3) is 10.0 Å². The normalized spacial score (nSPS) is 11.4. The van der Waals surface area contributed by atoms with Crippen LogP contribution in [0.15, 0.2) is 42.7 Å². The molecule has 0 spiro atoms. The Balaban J connectivity index is 2.48. The molecule has 1 aromatic heterocycles. The predicted octanol–water partition coefficient (Wildman–Crippen LogP) is 4.06. The molecule has 0 aliphatic carbocycles. The van der Waals surface area contributed by atoms with E-state index >= 15 is 0 Å². The monoisotopic (exact) mass is 497 g/mol. The van der Waals surface area contributed by atoms with Crippen molar-refractivity contribution in [3.63, 3.8) is 0 Å². The fourth-order valence-electron chi connectivity index (χ4n) is 1.66. The van der Waals surface area contributed by atoms with E-state index < -0.39 is 10.0 Å². The van der Waals surface area contributed by atoms with E-state index in [1.54, 1.807) is 13.0 Å². The van der Waals surface area contributed by atoms with E-state index in [0.29, 0.717) is 20.2 Å². The van der Waals surface area contributed by atoms with Crippen LogP contribution < -0.4 is 10.5 Å². The summed E-state index contributed by atoms with van der Waals surface area (Å²) in [5.41, 5.74) is 6.83. The van der Waals surface area contributed by atoms with Gasteiger partial charge >= 0.3 is 0 Å². The van der Waals surface area contributed by atoms with E-state index in [2.05, 4.69) is 57.5 Å². The van der Waals surface area contributed by atoms with Crippen LogP contribution in [-0.2, 0) is 10.0 Å². The lowest BCUT2D eigenvalue weighted by Gasteiger charge is -2.13. The van der Waals surface area contributed by atoms with Crippen molar-refractivity contribution in [2.24, 2.45) is 0 Å². The number of nitrogens with two attached hydrogens (primary N) is 1. The highest BCUT2D eigenvalue weighted by Gasteiger charge is 2.23. The highest BCUT2D eigenvalue weighted by molar-refractivity contribution is 9.11. The molecule has 0 fully saturated rings. The van der Waals surface area contributed by atoms with Crippen molar-refractivity contribution in [1.29, 1.82) is 0 Å². The number of nitrogens with one attached hydrogen (secondary N) is 1. The van der Waals surface area contributed by atoms with Crippen LogP contribution in [0.3, 0.4) is 0 Å². The number of aryl methyl sites for hydroxylation is 1. The first kappa shape index (κ1) is 16.7. The zero-order chi connectivity index (χ0) is 15.8. The fraction of sp³-hybridized carbons (Fsp3) is 0.0833. The maximum atomic E-state index is 12.5. The fourth-order valence-corrected chi connectivity index (χ4v) is 5.81. The van der Waals surface area contributed by atoms with E-state index in [1.165, 1.54) is 18.3 Å².